The minimum absolute atomic E-state index is 0.493. The van der Waals surface area contributed by atoms with E-state index in [1.807, 2.05) is 6.07 Å². The van der Waals surface area contributed by atoms with Crippen LogP contribution < -0.4 is 16.0 Å². The van der Waals surface area contributed by atoms with E-state index in [9.17, 15) is 0 Å². The molecule has 0 spiro atoms. The van der Waals surface area contributed by atoms with Crippen LogP contribution in [0.5, 0.6) is 0 Å². The van der Waals surface area contributed by atoms with Crippen molar-refractivity contribution in [2.75, 3.05) is 30.3 Å². The predicted octanol–water partition coefficient (Wildman–Crippen LogP) is 1.85. The van der Waals surface area contributed by atoms with Gasteiger partial charge < -0.3 is 16.0 Å². The van der Waals surface area contributed by atoms with Crippen molar-refractivity contribution in [2.24, 2.45) is 0 Å². The lowest BCUT2D eigenvalue weighted by atomic mass is 10.2. The third-order valence-corrected chi connectivity index (χ3v) is 3.17. The SMILES string of the molecule is CCCCCNc1cc(NC2CCNC2)ncn1. The highest BCUT2D eigenvalue weighted by Crippen LogP contribution is 2.12. The zero-order chi connectivity index (χ0) is 12.6. The maximum absolute atomic E-state index is 4.26. The van der Waals surface area contributed by atoms with Gasteiger partial charge >= 0.3 is 0 Å². The number of aromatic nitrogens is 2. The van der Waals surface area contributed by atoms with Gasteiger partial charge in [0, 0.05) is 25.2 Å². The van der Waals surface area contributed by atoms with Gasteiger partial charge in [0.25, 0.3) is 0 Å². The van der Waals surface area contributed by atoms with Gasteiger partial charge in [0.05, 0.1) is 0 Å². The third kappa shape index (κ3) is 4.14. The summed E-state index contributed by atoms with van der Waals surface area (Å²) in [5.74, 6) is 1.83. The fourth-order valence-electron chi connectivity index (χ4n) is 2.11. The van der Waals surface area contributed by atoms with Crippen molar-refractivity contribution in [1.29, 1.82) is 0 Å². The van der Waals surface area contributed by atoms with Gasteiger partial charge in [0.2, 0.25) is 0 Å². The number of nitrogens with one attached hydrogen (secondary N) is 3. The Morgan fingerprint density at radius 2 is 2.22 bits per heavy atom. The summed E-state index contributed by atoms with van der Waals surface area (Å²) in [4.78, 5) is 8.49. The molecule has 5 nitrogen and oxygen atoms in total. The van der Waals surface area contributed by atoms with Crippen LogP contribution in [0.3, 0.4) is 0 Å². The lowest BCUT2D eigenvalue weighted by Gasteiger charge is -2.12. The van der Waals surface area contributed by atoms with E-state index in [1.165, 1.54) is 19.3 Å². The Morgan fingerprint density at radius 1 is 1.33 bits per heavy atom. The van der Waals surface area contributed by atoms with Crippen LogP contribution in [0.25, 0.3) is 0 Å². The van der Waals surface area contributed by atoms with Gasteiger partial charge in [0.15, 0.2) is 0 Å². The van der Waals surface area contributed by atoms with Gasteiger partial charge in [-0.15, -0.1) is 0 Å². The Bertz CT molecular complexity index is 349. The summed E-state index contributed by atoms with van der Waals surface area (Å²) in [6.07, 6.45) is 6.47. The second kappa shape index (κ2) is 7.16. The van der Waals surface area contributed by atoms with Crippen molar-refractivity contribution in [2.45, 2.75) is 38.6 Å². The van der Waals surface area contributed by atoms with E-state index in [2.05, 4.69) is 32.8 Å². The number of unbranched alkanes of at least 4 members (excludes halogenated alkanes) is 2. The number of hydrogen-bond acceptors (Lipinski definition) is 5. The molecule has 1 aromatic rings. The Hall–Kier alpha value is -1.36. The van der Waals surface area contributed by atoms with Crippen LogP contribution in [0.15, 0.2) is 12.4 Å². The molecule has 1 fully saturated rings. The number of nitrogens with zero attached hydrogens (tertiary/aromatic N) is 2. The normalized spacial score (nSPS) is 18.8. The van der Waals surface area contributed by atoms with E-state index in [0.717, 1.165) is 37.7 Å². The summed E-state index contributed by atoms with van der Waals surface area (Å²) in [7, 11) is 0. The van der Waals surface area contributed by atoms with Gasteiger partial charge in [-0.1, -0.05) is 19.8 Å². The summed E-state index contributed by atoms with van der Waals surface area (Å²) >= 11 is 0. The van der Waals surface area contributed by atoms with Crippen molar-refractivity contribution in [3.05, 3.63) is 12.4 Å². The maximum Gasteiger partial charge on any atom is 0.131 e. The minimum Gasteiger partial charge on any atom is -0.370 e. The van der Waals surface area contributed by atoms with E-state index in [-0.39, 0.29) is 0 Å². The van der Waals surface area contributed by atoms with Gasteiger partial charge in [-0.25, -0.2) is 9.97 Å². The molecule has 1 atom stereocenters. The van der Waals surface area contributed by atoms with Crippen molar-refractivity contribution in [1.82, 2.24) is 15.3 Å². The number of hydrogen-bond donors (Lipinski definition) is 3. The lowest BCUT2D eigenvalue weighted by molar-refractivity contribution is 0.742. The van der Waals surface area contributed by atoms with Crippen molar-refractivity contribution in [3.8, 4) is 0 Å². The molecule has 0 saturated carbocycles. The topological polar surface area (TPSA) is 61.9 Å². The standard InChI is InChI=1S/C13H23N5/c1-2-3-4-6-15-12-8-13(17-10-16-12)18-11-5-7-14-9-11/h8,10-11,14H,2-7,9H2,1H3,(H2,15,16,17,18). The van der Waals surface area contributed by atoms with Crippen LogP contribution in [0.4, 0.5) is 11.6 Å². The molecule has 1 aliphatic rings. The zero-order valence-corrected chi connectivity index (χ0v) is 11.1. The summed E-state index contributed by atoms with van der Waals surface area (Å²) in [6.45, 7) is 5.30. The Balaban J connectivity index is 1.80. The molecule has 0 bridgehead atoms. The maximum atomic E-state index is 4.26. The van der Waals surface area contributed by atoms with E-state index in [0.29, 0.717) is 6.04 Å². The molecule has 0 aliphatic carbocycles. The second-order valence-corrected chi connectivity index (χ2v) is 4.76. The summed E-state index contributed by atoms with van der Waals surface area (Å²) in [6, 6.07) is 2.48. The molecule has 0 amide bonds. The third-order valence-electron chi connectivity index (χ3n) is 3.17. The molecule has 0 aromatic carbocycles. The molecule has 1 aromatic heterocycles. The Labute approximate surface area is 109 Å². The smallest absolute Gasteiger partial charge is 0.131 e. The molecule has 3 N–H and O–H groups in total. The molecule has 2 rings (SSSR count). The number of rotatable bonds is 7. The van der Waals surface area contributed by atoms with Gasteiger partial charge in [-0.2, -0.15) is 0 Å². The van der Waals surface area contributed by atoms with Crippen LogP contribution in [0.2, 0.25) is 0 Å². The van der Waals surface area contributed by atoms with Gasteiger partial charge in [-0.05, 0) is 19.4 Å². The quantitative estimate of drug-likeness (QED) is 0.644. The van der Waals surface area contributed by atoms with Gasteiger partial charge in [-0.3, -0.25) is 0 Å². The average molecular weight is 249 g/mol. The van der Waals surface area contributed by atoms with Gasteiger partial charge in [0.1, 0.15) is 18.0 Å². The summed E-state index contributed by atoms with van der Waals surface area (Å²) in [5.41, 5.74) is 0. The van der Waals surface area contributed by atoms with E-state index >= 15 is 0 Å². The largest absolute Gasteiger partial charge is 0.370 e. The zero-order valence-electron chi connectivity index (χ0n) is 11.1. The molecule has 1 saturated heterocycles. The van der Waals surface area contributed by atoms with Crippen LogP contribution in [-0.4, -0.2) is 35.6 Å². The van der Waals surface area contributed by atoms with Crippen LogP contribution >= 0.6 is 0 Å². The first-order chi connectivity index (χ1) is 8.88. The van der Waals surface area contributed by atoms with Crippen LogP contribution in [0.1, 0.15) is 32.6 Å². The molecule has 5 heteroatoms. The first-order valence-electron chi connectivity index (χ1n) is 6.91. The van der Waals surface area contributed by atoms with E-state index in [1.54, 1.807) is 6.33 Å². The molecular formula is C13H23N5. The fraction of sp³-hybridized carbons (Fsp3) is 0.692. The van der Waals surface area contributed by atoms with Crippen molar-refractivity contribution >= 4 is 11.6 Å². The summed E-state index contributed by atoms with van der Waals surface area (Å²) < 4.78 is 0. The highest BCUT2D eigenvalue weighted by atomic mass is 15.1. The lowest BCUT2D eigenvalue weighted by Crippen LogP contribution is -2.22. The molecule has 100 valence electrons. The molecule has 18 heavy (non-hydrogen) atoms. The minimum atomic E-state index is 0.493. The average Bonchev–Trinajstić information content (AvgIpc) is 2.88. The predicted molar refractivity (Wildman–Crippen MR) is 74.9 cm³/mol. The molecule has 0 radical (unpaired) electrons. The number of anilines is 2. The summed E-state index contributed by atoms with van der Waals surface area (Å²) in [5, 5.41) is 10.1. The Morgan fingerprint density at radius 3 is 3.00 bits per heavy atom. The fourth-order valence-corrected chi connectivity index (χ4v) is 2.11. The molecular weight excluding hydrogens is 226 g/mol. The molecule has 1 aliphatic heterocycles. The monoisotopic (exact) mass is 249 g/mol. The highest BCUT2D eigenvalue weighted by molar-refractivity contribution is 5.47. The van der Waals surface area contributed by atoms with E-state index < -0.39 is 0 Å². The van der Waals surface area contributed by atoms with Crippen molar-refractivity contribution < 1.29 is 0 Å². The Kier molecular flexibility index (Phi) is 5.20. The van der Waals surface area contributed by atoms with Crippen LogP contribution in [-0.2, 0) is 0 Å². The highest BCUT2D eigenvalue weighted by Gasteiger charge is 2.14. The molecule has 1 unspecified atom stereocenters. The first kappa shape index (κ1) is 13.1. The van der Waals surface area contributed by atoms with Crippen LogP contribution in [0, 0.1) is 0 Å². The van der Waals surface area contributed by atoms with E-state index in [4.69, 9.17) is 0 Å². The van der Waals surface area contributed by atoms with Crippen molar-refractivity contribution in [3.63, 3.8) is 0 Å². The second-order valence-electron chi connectivity index (χ2n) is 4.76. The first-order valence-corrected chi connectivity index (χ1v) is 6.91. The molecule has 2 heterocycles.